The molecule has 1 amide bonds. The smallest absolute Gasteiger partial charge is 0.410 e. The summed E-state index contributed by atoms with van der Waals surface area (Å²) < 4.78 is 5.46. The van der Waals surface area contributed by atoms with Crippen LogP contribution in [0.25, 0.3) is 10.7 Å². The van der Waals surface area contributed by atoms with Crippen molar-refractivity contribution in [2.24, 2.45) is 5.92 Å². The van der Waals surface area contributed by atoms with Crippen LogP contribution in [0, 0.1) is 12.8 Å². The Morgan fingerprint density at radius 2 is 2.20 bits per heavy atom. The number of pyridine rings is 1. The molecule has 5 nitrogen and oxygen atoms in total. The summed E-state index contributed by atoms with van der Waals surface area (Å²) in [7, 11) is 0. The Hall–Kier alpha value is -1.95. The maximum Gasteiger partial charge on any atom is 0.410 e. The number of carbonyl (C=O) groups is 1. The van der Waals surface area contributed by atoms with Crippen LogP contribution in [0.4, 0.5) is 4.79 Å². The van der Waals surface area contributed by atoms with Crippen molar-refractivity contribution in [2.75, 3.05) is 13.1 Å². The van der Waals surface area contributed by atoms with Gasteiger partial charge in [0.05, 0.1) is 5.69 Å². The number of thiazole rings is 1. The van der Waals surface area contributed by atoms with Gasteiger partial charge in [0.15, 0.2) is 0 Å². The topological polar surface area (TPSA) is 55.3 Å². The molecule has 2 aromatic rings. The van der Waals surface area contributed by atoms with E-state index in [0.29, 0.717) is 5.92 Å². The molecule has 0 bridgehead atoms. The maximum atomic E-state index is 12.1. The average Bonchev–Trinajstić information content (AvgIpc) is 3.16. The van der Waals surface area contributed by atoms with Gasteiger partial charge in [-0.05, 0) is 58.1 Å². The Balaban J connectivity index is 1.56. The lowest BCUT2D eigenvalue weighted by Gasteiger charge is -2.24. The lowest BCUT2D eigenvalue weighted by molar-refractivity contribution is 0.0288. The zero-order valence-electron chi connectivity index (χ0n) is 15.3. The van der Waals surface area contributed by atoms with Crippen LogP contribution < -0.4 is 0 Å². The van der Waals surface area contributed by atoms with Gasteiger partial charge < -0.3 is 9.64 Å². The van der Waals surface area contributed by atoms with E-state index < -0.39 is 5.60 Å². The van der Waals surface area contributed by atoms with Gasteiger partial charge in [-0.15, -0.1) is 11.3 Å². The van der Waals surface area contributed by atoms with E-state index in [1.54, 1.807) is 11.3 Å². The summed E-state index contributed by atoms with van der Waals surface area (Å²) in [5.41, 5.74) is 2.71. The first kappa shape index (κ1) is 17.9. The molecule has 1 saturated heterocycles. The number of amides is 1. The molecule has 1 atom stereocenters. The van der Waals surface area contributed by atoms with Crippen molar-refractivity contribution in [3.63, 3.8) is 0 Å². The minimum absolute atomic E-state index is 0.206. The van der Waals surface area contributed by atoms with Gasteiger partial charge in [0.2, 0.25) is 0 Å². The number of nitrogens with zero attached hydrogens (tertiary/aromatic N) is 3. The summed E-state index contributed by atoms with van der Waals surface area (Å²) in [5.74, 6) is 0.460. The van der Waals surface area contributed by atoms with Crippen molar-refractivity contribution in [3.05, 3.63) is 35.0 Å². The summed E-state index contributed by atoms with van der Waals surface area (Å²) >= 11 is 1.62. The van der Waals surface area contributed by atoms with Gasteiger partial charge in [-0.25, -0.2) is 9.78 Å². The Morgan fingerprint density at radius 1 is 1.40 bits per heavy atom. The van der Waals surface area contributed by atoms with Crippen LogP contribution in [0.1, 0.15) is 38.4 Å². The standard InChI is InChI=1S/C19H25N3O2S/c1-13-12-25-17(21-13)16-6-5-14(10-20-16)9-15-7-8-22(11-15)18(23)24-19(2,3)4/h5-6,10,12,15H,7-9,11H2,1-4H3/t15-/m0/s1. The molecular weight excluding hydrogens is 334 g/mol. The largest absolute Gasteiger partial charge is 0.444 e. The Kier molecular flexibility index (Phi) is 5.08. The number of rotatable bonds is 3. The molecule has 6 heteroatoms. The van der Waals surface area contributed by atoms with Gasteiger partial charge in [0.1, 0.15) is 10.6 Å². The number of aromatic nitrogens is 2. The second-order valence-corrected chi connectivity index (χ2v) is 8.49. The van der Waals surface area contributed by atoms with Crippen LogP contribution in [0.15, 0.2) is 23.7 Å². The molecule has 0 aromatic carbocycles. The second kappa shape index (κ2) is 7.12. The van der Waals surface area contributed by atoms with E-state index in [2.05, 4.69) is 16.0 Å². The molecule has 3 rings (SSSR count). The highest BCUT2D eigenvalue weighted by atomic mass is 32.1. The van der Waals surface area contributed by atoms with Crippen LogP contribution >= 0.6 is 11.3 Å². The summed E-state index contributed by atoms with van der Waals surface area (Å²) in [5, 5.41) is 3.00. The second-order valence-electron chi connectivity index (χ2n) is 7.63. The van der Waals surface area contributed by atoms with Gasteiger partial charge in [-0.2, -0.15) is 0 Å². The lowest BCUT2D eigenvalue weighted by Crippen LogP contribution is -2.35. The minimum Gasteiger partial charge on any atom is -0.444 e. The number of likely N-dealkylation sites (tertiary alicyclic amines) is 1. The third-order valence-corrected chi connectivity index (χ3v) is 5.11. The quantitative estimate of drug-likeness (QED) is 0.819. The van der Waals surface area contributed by atoms with Gasteiger partial charge >= 0.3 is 6.09 Å². The monoisotopic (exact) mass is 359 g/mol. The third-order valence-electron chi connectivity index (χ3n) is 4.12. The van der Waals surface area contributed by atoms with E-state index in [-0.39, 0.29) is 6.09 Å². The summed E-state index contributed by atoms with van der Waals surface area (Å²) in [6, 6.07) is 4.16. The van der Waals surface area contributed by atoms with Crippen LogP contribution in [-0.2, 0) is 11.2 Å². The molecular formula is C19H25N3O2S. The average molecular weight is 359 g/mol. The molecule has 1 fully saturated rings. The highest BCUT2D eigenvalue weighted by Crippen LogP contribution is 2.25. The van der Waals surface area contributed by atoms with Crippen LogP contribution in [0.3, 0.4) is 0 Å². The van der Waals surface area contributed by atoms with Gasteiger partial charge in [-0.1, -0.05) is 6.07 Å². The minimum atomic E-state index is -0.441. The van der Waals surface area contributed by atoms with E-state index in [4.69, 9.17) is 4.74 Å². The summed E-state index contributed by atoms with van der Waals surface area (Å²) in [6.07, 6.45) is 3.67. The van der Waals surface area contributed by atoms with E-state index in [9.17, 15) is 4.79 Å². The van der Waals surface area contributed by atoms with E-state index in [1.807, 2.05) is 50.2 Å². The first-order valence-electron chi connectivity index (χ1n) is 8.65. The Bertz CT molecular complexity index is 734. The summed E-state index contributed by atoms with van der Waals surface area (Å²) in [4.78, 5) is 23.0. The van der Waals surface area contributed by atoms with Crippen LogP contribution in [-0.4, -0.2) is 39.7 Å². The fourth-order valence-electron chi connectivity index (χ4n) is 2.97. The third kappa shape index (κ3) is 4.78. The molecule has 2 aromatic heterocycles. The molecule has 25 heavy (non-hydrogen) atoms. The zero-order chi connectivity index (χ0) is 18.0. The normalized spacial score (nSPS) is 17.8. The molecule has 0 spiro atoms. The molecule has 134 valence electrons. The van der Waals surface area contributed by atoms with Crippen LogP contribution in [0.2, 0.25) is 0 Å². The number of carbonyl (C=O) groups excluding carboxylic acids is 1. The Morgan fingerprint density at radius 3 is 2.80 bits per heavy atom. The van der Waals surface area contributed by atoms with E-state index in [0.717, 1.165) is 42.3 Å². The molecule has 3 heterocycles. The van der Waals surface area contributed by atoms with Crippen molar-refractivity contribution >= 4 is 17.4 Å². The first-order valence-corrected chi connectivity index (χ1v) is 9.53. The molecule has 0 radical (unpaired) electrons. The molecule has 0 N–H and O–H groups in total. The van der Waals surface area contributed by atoms with E-state index in [1.165, 1.54) is 5.56 Å². The number of hydrogen-bond acceptors (Lipinski definition) is 5. The molecule has 0 aliphatic carbocycles. The Labute approximate surface area is 153 Å². The lowest BCUT2D eigenvalue weighted by atomic mass is 10.00. The molecule has 1 aliphatic heterocycles. The van der Waals surface area contributed by atoms with Gasteiger partial charge in [0, 0.05) is 30.4 Å². The number of aryl methyl sites for hydroxylation is 1. The fraction of sp³-hybridized carbons (Fsp3) is 0.526. The van der Waals surface area contributed by atoms with Crippen molar-refractivity contribution in [1.29, 1.82) is 0 Å². The van der Waals surface area contributed by atoms with Crippen molar-refractivity contribution in [3.8, 4) is 10.7 Å². The predicted molar refractivity (Wildman–Crippen MR) is 99.7 cm³/mol. The molecule has 0 saturated carbocycles. The van der Waals surface area contributed by atoms with Crippen molar-refractivity contribution in [2.45, 2.75) is 46.1 Å². The van der Waals surface area contributed by atoms with Crippen molar-refractivity contribution < 1.29 is 9.53 Å². The highest BCUT2D eigenvalue weighted by Gasteiger charge is 2.29. The van der Waals surface area contributed by atoms with Gasteiger partial charge in [-0.3, -0.25) is 4.98 Å². The SMILES string of the molecule is Cc1csc(-c2ccc(C[C@@H]3CCN(C(=O)OC(C)(C)C)C3)cn2)n1. The highest BCUT2D eigenvalue weighted by molar-refractivity contribution is 7.13. The molecule has 0 unspecified atom stereocenters. The zero-order valence-corrected chi connectivity index (χ0v) is 16.1. The number of hydrogen-bond donors (Lipinski definition) is 0. The summed E-state index contributed by atoms with van der Waals surface area (Å²) in [6.45, 7) is 9.21. The first-order chi connectivity index (χ1) is 11.8. The van der Waals surface area contributed by atoms with E-state index >= 15 is 0 Å². The fourth-order valence-corrected chi connectivity index (χ4v) is 3.74. The predicted octanol–water partition coefficient (Wildman–Crippen LogP) is 4.31. The van der Waals surface area contributed by atoms with Gasteiger partial charge in [0.25, 0.3) is 0 Å². The molecule has 1 aliphatic rings. The maximum absolute atomic E-state index is 12.1. The van der Waals surface area contributed by atoms with Crippen LogP contribution in [0.5, 0.6) is 0 Å². The van der Waals surface area contributed by atoms with Crippen molar-refractivity contribution in [1.82, 2.24) is 14.9 Å². The number of ether oxygens (including phenoxy) is 1.